The van der Waals surface area contributed by atoms with Crippen molar-refractivity contribution >= 4 is 22.8 Å². The maximum atomic E-state index is 14.6. The highest BCUT2D eigenvalue weighted by molar-refractivity contribution is 5.99. The third-order valence-corrected chi connectivity index (χ3v) is 4.42. The number of rotatable bonds is 5. The summed E-state index contributed by atoms with van der Waals surface area (Å²) in [7, 11) is 0. The average molecular weight is 394 g/mol. The van der Waals surface area contributed by atoms with E-state index < -0.39 is 11.6 Å². The number of nitrogen functional groups attached to an aromatic ring is 1. The fraction of sp³-hybridized carbons (Fsp3) is 0.190. The minimum atomic E-state index is -0.430. The number of hydrogen-bond acceptors (Lipinski definition) is 5. The van der Waals surface area contributed by atoms with E-state index in [1.807, 2.05) is 0 Å². The van der Waals surface area contributed by atoms with Crippen LogP contribution < -0.4 is 11.1 Å². The van der Waals surface area contributed by atoms with Crippen molar-refractivity contribution in [2.75, 3.05) is 17.6 Å². The normalized spacial score (nSPS) is 11.3. The number of benzene rings is 2. The first-order valence-corrected chi connectivity index (χ1v) is 9.25. The molecule has 0 bridgehead atoms. The molecule has 2 heterocycles. The summed E-state index contributed by atoms with van der Waals surface area (Å²) in [4.78, 5) is 8.96. The van der Waals surface area contributed by atoms with Crippen molar-refractivity contribution in [2.45, 2.75) is 13.8 Å². The SMILES string of the molecule is CC(C)CNc1nc(-c2ccccc2F)c2c(N)n(-c3cccc(F)c3)nc2n1. The molecule has 2 aromatic carbocycles. The second-order valence-electron chi connectivity index (χ2n) is 7.13. The second kappa shape index (κ2) is 7.46. The fourth-order valence-corrected chi connectivity index (χ4v) is 3.04. The Morgan fingerprint density at radius 1 is 1.07 bits per heavy atom. The highest BCUT2D eigenvalue weighted by Gasteiger charge is 2.21. The van der Waals surface area contributed by atoms with Gasteiger partial charge in [0.1, 0.15) is 17.5 Å². The standard InChI is InChI=1S/C21H20F2N6/c1-12(2)11-25-21-26-18(15-8-3-4-9-16(15)23)17-19(24)29(28-20(17)27-21)14-7-5-6-13(22)10-14/h3-10,12H,11,24H2,1-2H3,(H,25,27,28). The molecular formula is C21H20F2N6. The number of nitrogens with zero attached hydrogens (tertiary/aromatic N) is 4. The summed E-state index contributed by atoms with van der Waals surface area (Å²) in [6.07, 6.45) is 0. The molecule has 148 valence electrons. The van der Waals surface area contributed by atoms with Crippen LogP contribution in [0.15, 0.2) is 48.5 Å². The van der Waals surface area contributed by atoms with E-state index in [9.17, 15) is 8.78 Å². The summed E-state index contributed by atoms with van der Waals surface area (Å²) in [6, 6.07) is 12.2. The monoisotopic (exact) mass is 394 g/mol. The maximum absolute atomic E-state index is 14.6. The summed E-state index contributed by atoms with van der Waals surface area (Å²) in [5.41, 5.74) is 7.70. The van der Waals surface area contributed by atoms with E-state index in [0.29, 0.717) is 40.8 Å². The zero-order valence-electron chi connectivity index (χ0n) is 16.0. The predicted molar refractivity (Wildman–Crippen MR) is 110 cm³/mol. The van der Waals surface area contributed by atoms with Crippen molar-refractivity contribution in [2.24, 2.45) is 5.92 Å². The Balaban J connectivity index is 1.96. The van der Waals surface area contributed by atoms with Crippen LogP contribution in [0.1, 0.15) is 13.8 Å². The van der Waals surface area contributed by atoms with Crippen LogP contribution >= 0.6 is 0 Å². The topological polar surface area (TPSA) is 81.6 Å². The molecule has 0 aliphatic rings. The van der Waals surface area contributed by atoms with Gasteiger partial charge in [-0.25, -0.2) is 18.4 Å². The lowest BCUT2D eigenvalue weighted by Crippen LogP contribution is -2.11. The molecule has 29 heavy (non-hydrogen) atoms. The number of aromatic nitrogens is 4. The largest absolute Gasteiger partial charge is 0.383 e. The van der Waals surface area contributed by atoms with Crippen LogP contribution in [-0.4, -0.2) is 26.3 Å². The lowest BCUT2D eigenvalue weighted by atomic mass is 10.1. The van der Waals surface area contributed by atoms with Gasteiger partial charge >= 0.3 is 0 Å². The molecule has 4 rings (SSSR count). The van der Waals surface area contributed by atoms with E-state index in [4.69, 9.17) is 5.73 Å². The zero-order valence-corrected chi connectivity index (χ0v) is 16.0. The third kappa shape index (κ3) is 3.61. The average Bonchev–Trinajstić information content (AvgIpc) is 3.03. The van der Waals surface area contributed by atoms with Gasteiger partial charge in [-0.05, 0) is 36.2 Å². The highest BCUT2D eigenvalue weighted by Crippen LogP contribution is 2.34. The first-order chi connectivity index (χ1) is 13.9. The van der Waals surface area contributed by atoms with Gasteiger partial charge < -0.3 is 11.1 Å². The summed E-state index contributed by atoms with van der Waals surface area (Å²) >= 11 is 0. The second-order valence-corrected chi connectivity index (χ2v) is 7.13. The molecule has 0 aliphatic heterocycles. The fourth-order valence-electron chi connectivity index (χ4n) is 3.04. The van der Waals surface area contributed by atoms with Gasteiger partial charge in [0.25, 0.3) is 0 Å². The van der Waals surface area contributed by atoms with Crippen molar-refractivity contribution in [3.8, 4) is 16.9 Å². The van der Waals surface area contributed by atoms with E-state index in [1.165, 1.54) is 22.9 Å². The number of halogens is 2. The van der Waals surface area contributed by atoms with Crippen LogP contribution in [0.5, 0.6) is 0 Å². The molecule has 3 N–H and O–H groups in total. The quantitative estimate of drug-likeness (QED) is 0.524. The van der Waals surface area contributed by atoms with Gasteiger partial charge in [-0.15, -0.1) is 5.10 Å². The third-order valence-electron chi connectivity index (χ3n) is 4.42. The van der Waals surface area contributed by atoms with Crippen molar-refractivity contribution in [3.05, 3.63) is 60.2 Å². The van der Waals surface area contributed by atoms with Crippen LogP contribution in [-0.2, 0) is 0 Å². The van der Waals surface area contributed by atoms with Gasteiger partial charge in [0.2, 0.25) is 5.95 Å². The Morgan fingerprint density at radius 3 is 2.59 bits per heavy atom. The number of nitrogens with two attached hydrogens (primary N) is 1. The van der Waals surface area contributed by atoms with Crippen LogP contribution in [0.25, 0.3) is 28.0 Å². The molecule has 2 aromatic heterocycles. The number of hydrogen-bond donors (Lipinski definition) is 2. The summed E-state index contributed by atoms with van der Waals surface area (Å²) in [5.74, 6) is 0.0510. The molecule has 0 amide bonds. The first-order valence-electron chi connectivity index (χ1n) is 9.25. The van der Waals surface area contributed by atoms with E-state index in [0.717, 1.165) is 0 Å². The Hall–Kier alpha value is -3.55. The molecule has 0 atom stereocenters. The van der Waals surface area contributed by atoms with Crippen LogP contribution in [0.4, 0.5) is 20.5 Å². The zero-order chi connectivity index (χ0) is 20.5. The minimum Gasteiger partial charge on any atom is -0.383 e. The Bertz CT molecular complexity index is 1190. The van der Waals surface area contributed by atoms with Crippen LogP contribution in [0.2, 0.25) is 0 Å². The van der Waals surface area contributed by atoms with Gasteiger partial charge in [-0.1, -0.05) is 32.0 Å². The lowest BCUT2D eigenvalue weighted by molar-refractivity contribution is 0.625. The molecular weight excluding hydrogens is 374 g/mol. The number of nitrogens with one attached hydrogen (secondary N) is 1. The molecule has 4 aromatic rings. The van der Waals surface area contributed by atoms with Gasteiger partial charge in [0.05, 0.1) is 16.8 Å². The van der Waals surface area contributed by atoms with Crippen LogP contribution in [0, 0.1) is 17.6 Å². The van der Waals surface area contributed by atoms with E-state index >= 15 is 0 Å². The molecule has 8 heteroatoms. The molecule has 0 spiro atoms. The first kappa shape index (κ1) is 18.8. The minimum absolute atomic E-state index is 0.208. The van der Waals surface area contributed by atoms with E-state index in [2.05, 4.69) is 34.2 Å². The summed E-state index contributed by atoms with van der Waals surface area (Å²) in [6.45, 7) is 4.75. The van der Waals surface area contributed by atoms with Crippen molar-refractivity contribution in [1.29, 1.82) is 0 Å². The van der Waals surface area contributed by atoms with Crippen molar-refractivity contribution in [1.82, 2.24) is 19.7 Å². The molecule has 0 radical (unpaired) electrons. The predicted octanol–water partition coefficient (Wildman–Crippen LogP) is 4.41. The Kier molecular flexibility index (Phi) is 4.84. The maximum Gasteiger partial charge on any atom is 0.225 e. The molecule has 0 saturated heterocycles. The molecule has 0 saturated carbocycles. The molecule has 0 unspecified atom stereocenters. The van der Waals surface area contributed by atoms with Crippen molar-refractivity contribution < 1.29 is 8.78 Å². The molecule has 6 nitrogen and oxygen atoms in total. The molecule has 0 fully saturated rings. The Morgan fingerprint density at radius 2 is 1.86 bits per heavy atom. The van der Waals surface area contributed by atoms with Crippen LogP contribution in [0.3, 0.4) is 0 Å². The summed E-state index contributed by atoms with van der Waals surface area (Å²) < 4.78 is 29.7. The van der Waals surface area contributed by atoms with Gasteiger partial charge in [0, 0.05) is 12.1 Å². The highest BCUT2D eigenvalue weighted by atomic mass is 19.1. The smallest absolute Gasteiger partial charge is 0.225 e. The molecule has 0 aliphatic carbocycles. The number of anilines is 2. The van der Waals surface area contributed by atoms with Gasteiger partial charge in [-0.3, -0.25) is 0 Å². The van der Waals surface area contributed by atoms with E-state index in [1.54, 1.807) is 30.3 Å². The van der Waals surface area contributed by atoms with Gasteiger partial charge in [0.15, 0.2) is 5.65 Å². The summed E-state index contributed by atoms with van der Waals surface area (Å²) in [5, 5.41) is 8.00. The lowest BCUT2D eigenvalue weighted by Gasteiger charge is -2.10. The van der Waals surface area contributed by atoms with E-state index in [-0.39, 0.29) is 11.4 Å². The Labute approximate surface area is 166 Å². The van der Waals surface area contributed by atoms with Crippen molar-refractivity contribution in [3.63, 3.8) is 0 Å². The number of fused-ring (bicyclic) bond motifs is 1. The van der Waals surface area contributed by atoms with Gasteiger partial charge in [-0.2, -0.15) is 4.98 Å².